The fraction of sp³-hybridized carbons (Fsp3) is 0.235. The third kappa shape index (κ3) is 6.38. The van der Waals surface area contributed by atoms with E-state index < -0.39 is 16.1 Å². The van der Waals surface area contributed by atoms with Crippen LogP contribution in [0.5, 0.6) is 0 Å². The van der Waals surface area contributed by atoms with E-state index in [-0.39, 0.29) is 19.6 Å². The van der Waals surface area contributed by atoms with Crippen molar-refractivity contribution in [2.45, 2.75) is 6.54 Å². The number of nitrogens with zero attached hydrogens (tertiary/aromatic N) is 1. The van der Waals surface area contributed by atoms with Crippen LogP contribution in [0.15, 0.2) is 54.6 Å². The lowest BCUT2D eigenvalue weighted by atomic mass is 10.2. The van der Waals surface area contributed by atoms with Crippen molar-refractivity contribution in [1.82, 2.24) is 9.62 Å². The molecule has 0 heterocycles. The van der Waals surface area contributed by atoms with Gasteiger partial charge in [0, 0.05) is 30.3 Å². The number of anilines is 1. The third-order valence-electron chi connectivity index (χ3n) is 3.45. The molecule has 25 heavy (non-hydrogen) atoms. The van der Waals surface area contributed by atoms with Crippen LogP contribution in [-0.2, 0) is 16.6 Å². The molecular formula is C17H20ClN3O3S. The Morgan fingerprint density at radius 3 is 2.36 bits per heavy atom. The van der Waals surface area contributed by atoms with Gasteiger partial charge in [-0.25, -0.2) is 13.2 Å². The number of nitrogens with one attached hydrogen (secondary N) is 2. The Hall–Kier alpha value is -2.09. The molecule has 2 rings (SSSR count). The highest BCUT2D eigenvalue weighted by Crippen LogP contribution is 2.18. The number of hydrogen-bond acceptors (Lipinski definition) is 3. The molecule has 0 radical (unpaired) electrons. The third-order valence-corrected chi connectivity index (χ3v) is 5.07. The largest absolute Gasteiger partial charge is 0.337 e. The first-order valence-electron chi connectivity index (χ1n) is 7.64. The smallest absolute Gasteiger partial charge is 0.319 e. The first-order valence-corrected chi connectivity index (χ1v) is 9.87. The number of carbonyl (C=O) groups is 1. The van der Waals surface area contributed by atoms with E-state index in [9.17, 15) is 13.2 Å². The highest BCUT2D eigenvalue weighted by atomic mass is 35.5. The van der Waals surface area contributed by atoms with Gasteiger partial charge in [-0.05, 0) is 23.8 Å². The van der Waals surface area contributed by atoms with E-state index in [1.807, 2.05) is 18.2 Å². The summed E-state index contributed by atoms with van der Waals surface area (Å²) in [6.07, 6.45) is 1.13. The summed E-state index contributed by atoms with van der Waals surface area (Å²) in [5.74, 6) is 0. The molecule has 0 aliphatic heterocycles. The van der Waals surface area contributed by atoms with Crippen LogP contribution >= 0.6 is 11.6 Å². The Balaban J connectivity index is 1.90. The second-order valence-corrected chi connectivity index (χ2v) is 7.82. The van der Waals surface area contributed by atoms with Gasteiger partial charge in [-0.1, -0.05) is 48.0 Å². The van der Waals surface area contributed by atoms with Gasteiger partial charge in [-0.15, -0.1) is 0 Å². The Bertz CT molecular complexity index is 813. The number of para-hydroxylation sites is 1. The number of hydrogen-bond donors (Lipinski definition) is 2. The van der Waals surface area contributed by atoms with Crippen LogP contribution < -0.4 is 10.6 Å². The van der Waals surface area contributed by atoms with Crippen molar-refractivity contribution in [3.8, 4) is 0 Å². The Labute approximate surface area is 152 Å². The maximum Gasteiger partial charge on any atom is 0.319 e. The maximum atomic E-state index is 12.0. The molecule has 0 atom stereocenters. The zero-order valence-corrected chi connectivity index (χ0v) is 15.3. The molecule has 0 spiro atoms. The van der Waals surface area contributed by atoms with E-state index in [4.69, 9.17) is 11.6 Å². The second-order valence-electron chi connectivity index (χ2n) is 5.43. The van der Waals surface area contributed by atoms with Crippen LogP contribution in [0.4, 0.5) is 10.5 Å². The molecule has 0 saturated carbocycles. The van der Waals surface area contributed by atoms with Crippen LogP contribution in [-0.4, -0.2) is 38.1 Å². The number of benzene rings is 2. The molecule has 0 aromatic heterocycles. The molecule has 0 saturated heterocycles. The van der Waals surface area contributed by atoms with E-state index in [1.54, 1.807) is 36.4 Å². The quantitative estimate of drug-likeness (QED) is 0.774. The molecule has 6 nitrogen and oxygen atoms in total. The fourth-order valence-corrected chi connectivity index (χ4v) is 3.16. The average molecular weight is 382 g/mol. The van der Waals surface area contributed by atoms with E-state index in [0.717, 1.165) is 6.26 Å². The highest BCUT2D eigenvalue weighted by Gasteiger charge is 2.18. The highest BCUT2D eigenvalue weighted by molar-refractivity contribution is 7.88. The predicted octanol–water partition coefficient (Wildman–Crippen LogP) is 2.92. The number of halogens is 1. The van der Waals surface area contributed by atoms with Gasteiger partial charge in [-0.3, -0.25) is 0 Å². The van der Waals surface area contributed by atoms with Crippen molar-refractivity contribution in [3.05, 3.63) is 65.2 Å². The number of amides is 2. The van der Waals surface area contributed by atoms with E-state index in [2.05, 4.69) is 10.6 Å². The van der Waals surface area contributed by atoms with Gasteiger partial charge in [0.15, 0.2) is 0 Å². The molecule has 2 aromatic rings. The van der Waals surface area contributed by atoms with Gasteiger partial charge >= 0.3 is 6.03 Å². The molecular weight excluding hydrogens is 362 g/mol. The van der Waals surface area contributed by atoms with Gasteiger partial charge in [0.2, 0.25) is 10.0 Å². The lowest BCUT2D eigenvalue weighted by Gasteiger charge is -2.21. The summed E-state index contributed by atoms with van der Waals surface area (Å²) < 4.78 is 25.2. The van der Waals surface area contributed by atoms with Gasteiger partial charge in [0.25, 0.3) is 0 Å². The minimum Gasteiger partial charge on any atom is -0.337 e. The topological polar surface area (TPSA) is 78.5 Å². The monoisotopic (exact) mass is 381 g/mol. The molecule has 2 aromatic carbocycles. The van der Waals surface area contributed by atoms with Crippen LogP contribution in [0.2, 0.25) is 5.02 Å². The van der Waals surface area contributed by atoms with E-state index in [1.165, 1.54) is 4.31 Å². The van der Waals surface area contributed by atoms with Crippen molar-refractivity contribution in [2.75, 3.05) is 24.7 Å². The maximum absolute atomic E-state index is 12.0. The first-order chi connectivity index (χ1) is 11.9. The molecule has 2 N–H and O–H groups in total. The number of sulfonamides is 1. The van der Waals surface area contributed by atoms with Crippen LogP contribution in [0.25, 0.3) is 0 Å². The van der Waals surface area contributed by atoms with Gasteiger partial charge in [0.05, 0.1) is 6.26 Å². The van der Waals surface area contributed by atoms with Crippen molar-refractivity contribution in [2.24, 2.45) is 0 Å². The minimum absolute atomic E-state index is 0.145. The van der Waals surface area contributed by atoms with Gasteiger partial charge in [-0.2, -0.15) is 4.31 Å². The van der Waals surface area contributed by atoms with Crippen molar-refractivity contribution < 1.29 is 13.2 Å². The SMILES string of the molecule is CS(=O)(=O)N(CCNC(=O)Nc1ccccc1)Cc1ccccc1Cl. The summed E-state index contributed by atoms with van der Waals surface area (Å²) in [4.78, 5) is 11.8. The normalized spacial score (nSPS) is 11.3. The molecule has 2 amide bonds. The number of carbonyl (C=O) groups excluding carboxylic acids is 1. The summed E-state index contributed by atoms with van der Waals surface area (Å²) in [6, 6.07) is 15.7. The summed E-state index contributed by atoms with van der Waals surface area (Å²) in [6.45, 7) is 0.475. The molecule has 134 valence electrons. The van der Waals surface area contributed by atoms with Crippen molar-refractivity contribution in [1.29, 1.82) is 0 Å². The van der Waals surface area contributed by atoms with Crippen molar-refractivity contribution in [3.63, 3.8) is 0 Å². The first kappa shape index (κ1) is 19.2. The summed E-state index contributed by atoms with van der Waals surface area (Å²) >= 11 is 6.09. The lowest BCUT2D eigenvalue weighted by Crippen LogP contribution is -2.39. The summed E-state index contributed by atoms with van der Waals surface area (Å²) in [7, 11) is -3.43. The Morgan fingerprint density at radius 2 is 1.72 bits per heavy atom. The van der Waals surface area contributed by atoms with Gasteiger partial charge in [0.1, 0.15) is 0 Å². The van der Waals surface area contributed by atoms with E-state index >= 15 is 0 Å². The minimum atomic E-state index is -3.43. The Kier molecular flexibility index (Phi) is 6.81. The van der Waals surface area contributed by atoms with Gasteiger partial charge < -0.3 is 10.6 Å². The molecule has 8 heteroatoms. The summed E-state index contributed by atoms with van der Waals surface area (Å²) in [5, 5.41) is 5.82. The molecule has 0 aliphatic rings. The zero-order chi connectivity index (χ0) is 18.3. The molecule has 0 aliphatic carbocycles. The molecule has 0 unspecified atom stereocenters. The lowest BCUT2D eigenvalue weighted by molar-refractivity contribution is 0.251. The van der Waals surface area contributed by atoms with Crippen LogP contribution in [0.1, 0.15) is 5.56 Å². The standard InChI is InChI=1S/C17H20ClN3O3S/c1-25(23,24)21(13-14-7-5-6-10-16(14)18)12-11-19-17(22)20-15-8-3-2-4-9-15/h2-10H,11-13H2,1H3,(H2,19,20,22). The Morgan fingerprint density at radius 1 is 1.08 bits per heavy atom. The predicted molar refractivity (Wildman–Crippen MR) is 100 cm³/mol. The van der Waals surface area contributed by atoms with Crippen LogP contribution in [0, 0.1) is 0 Å². The fourth-order valence-electron chi connectivity index (χ4n) is 2.17. The van der Waals surface area contributed by atoms with Crippen molar-refractivity contribution >= 4 is 33.3 Å². The number of urea groups is 1. The zero-order valence-electron chi connectivity index (χ0n) is 13.8. The van der Waals surface area contributed by atoms with E-state index in [0.29, 0.717) is 16.3 Å². The second kappa shape index (κ2) is 8.84. The summed E-state index contributed by atoms with van der Waals surface area (Å²) in [5.41, 5.74) is 1.37. The van der Waals surface area contributed by atoms with Crippen LogP contribution in [0.3, 0.4) is 0 Å². The number of rotatable bonds is 7. The average Bonchev–Trinajstić information content (AvgIpc) is 2.55. The molecule has 0 fully saturated rings. The molecule has 0 bridgehead atoms.